The SMILES string of the molecule is Cc1ccc(C(C)(C)O)cc1O[C@@H]1O[C@H](CO)[C@@H](O)[C@H](O)[C@H]1O. The van der Waals surface area contributed by atoms with E-state index >= 15 is 0 Å². The van der Waals surface area contributed by atoms with Crippen LogP contribution in [-0.4, -0.2) is 62.8 Å². The fourth-order valence-electron chi connectivity index (χ4n) is 2.40. The Morgan fingerprint density at radius 1 is 1.13 bits per heavy atom. The van der Waals surface area contributed by atoms with Gasteiger partial charge in [-0.2, -0.15) is 0 Å². The van der Waals surface area contributed by atoms with E-state index in [0.29, 0.717) is 11.3 Å². The van der Waals surface area contributed by atoms with Crippen molar-refractivity contribution in [2.45, 2.75) is 57.1 Å². The first kappa shape index (κ1) is 18.1. The quantitative estimate of drug-likeness (QED) is 0.501. The smallest absolute Gasteiger partial charge is 0.229 e. The highest BCUT2D eigenvalue weighted by atomic mass is 16.7. The number of benzene rings is 1. The van der Waals surface area contributed by atoms with E-state index in [9.17, 15) is 25.5 Å². The van der Waals surface area contributed by atoms with Gasteiger partial charge in [0.2, 0.25) is 6.29 Å². The van der Waals surface area contributed by atoms with Gasteiger partial charge in [0.25, 0.3) is 0 Å². The van der Waals surface area contributed by atoms with E-state index in [1.165, 1.54) is 0 Å². The molecular formula is C16H24O7. The predicted molar refractivity (Wildman–Crippen MR) is 80.8 cm³/mol. The second-order valence-corrected chi connectivity index (χ2v) is 6.35. The molecule has 1 saturated heterocycles. The lowest BCUT2D eigenvalue weighted by Crippen LogP contribution is -2.60. The summed E-state index contributed by atoms with van der Waals surface area (Å²) >= 11 is 0. The molecule has 2 rings (SSSR count). The maximum atomic E-state index is 10.1. The summed E-state index contributed by atoms with van der Waals surface area (Å²) in [5.41, 5.74) is 0.291. The second kappa shape index (κ2) is 6.72. The first-order valence-corrected chi connectivity index (χ1v) is 7.46. The predicted octanol–water partition coefficient (Wildman–Crippen LogP) is -0.599. The molecule has 0 aromatic heterocycles. The van der Waals surface area contributed by atoms with Crippen LogP contribution in [0.3, 0.4) is 0 Å². The van der Waals surface area contributed by atoms with E-state index in [0.717, 1.165) is 5.56 Å². The van der Waals surface area contributed by atoms with Crippen LogP contribution in [0.2, 0.25) is 0 Å². The summed E-state index contributed by atoms with van der Waals surface area (Å²) in [6.45, 7) is 4.53. The minimum Gasteiger partial charge on any atom is -0.462 e. The van der Waals surface area contributed by atoms with E-state index in [4.69, 9.17) is 9.47 Å². The highest BCUT2D eigenvalue weighted by Crippen LogP contribution is 2.30. The van der Waals surface area contributed by atoms with Crippen LogP contribution in [0.1, 0.15) is 25.0 Å². The third kappa shape index (κ3) is 3.82. The lowest BCUT2D eigenvalue weighted by atomic mass is 9.96. The van der Waals surface area contributed by atoms with Crippen molar-refractivity contribution in [3.05, 3.63) is 29.3 Å². The third-order valence-electron chi connectivity index (χ3n) is 3.99. The van der Waals surface area contributed by atoms with Gasteiger partial charge in [-0.3, -0.25) is 0 Å². The molecule has 0 bridgehead atoms. The van der Waals surface area contributed by atoms with Crippen molar-refractivity contribution in [1.29, 1.82) is 0 Å². The third-order valence-corrected chi connectivity index (χ3v) is 3.99. The molecule has 1 aromatic carbocycles. The molecular weight excluding hydrogens is 304 g/mol. The number of aryl methyl sites for hydroxylation is 1. The van der Waals surface area contributed by atoms with Crippen LogP contribution in [-0.2, 0) is 10.3 Å². The van der Waals surface area contributed by atoms with E-state index in [1.807, 2.05) is 0 Å². The van der Waals surface area contributed by atoms with Gasteiger partial charge in [-0.25, -0.2) is 0 Å². The van der Waals surface area contributed by atoms with Crippen molar-refractivity contribution in [3.8, 4) is 5.75 Å². The average molecular weight is 328 g/mol. The molecule has 0 radical (unpaired) electrons. The molecule has 1 heterocycles. The van der Waals surface area contributed by atoms with E-state index < -0.39 is 42.9 Å². The fraction of sp³-hybridized carbons (Fsp3) is 0.625. The molecule has 1 aliphatic rings. The number of hydrogen-bond donors (Lipinski definition) is 5. The summed E-state index contributed by atoms with van der Waals surface area (Å²) < 4.78 is 10.9. The standard InChI is InChI=1S/C16H24O7/c1-8-4-5-9(16(2,3)21)6-10(8)22-15-14(20)13(19)12(18)11(7-17)23-15/h4-6,11-15,17-21H,7H2,1-3H3/t11-,12-,13+,14-,15-/m1/s1. The van der Waals surface area contributed by atoms with Crippen molar-refractivity contribution in [3.63, 3.8) is 0 Å². The van der Waals surface area contributed by atoms with Gasteiger partial charge in [-0.15, -0.1) is 0 Å². The summed E-state index contributed by atoms with van der Waals surface area (Å²) in [4.78, 5) is 0. The van der Waals surface area contributed by atoms with Crippen LogP contribution in [0.15, 0.2) is 18.2 Å². The van der Waals surface area contributed by atoms with Crippen LogP contribution in [0, 0.1) is 6.92 Å². The van der Waals surface area contributed by atoms with Gasteiger partial charge in [-0.05, 0) is 38.0 Å². The zero-order valence-corrected chi connectivity index (χ0v) is 13.4. The number of ether oxygens (including phenoxy) is 2. The van der Waals surface area contributed by atoms with E-state index in [1.54, 1.807) is 39.0 Å². The molecule has 130 valence electrons. The maximum Gasteiger partial charge on any atom is 0.229 e. The number of aliphatic hydroxyl groups is 5. The molecule has 1 aromatic rings. The normalized spacial score (nSPS) is 31.9. The largest absolute Gasteiger partial charge is 0.462 e. The molecule has 0 amide bonds. The summed E-state index contributed by atoms with van der Waals surface area (Å²) in [5.74, 6) is 0.369. The zero-order valence-electron chi connectivity index (χ0n) is 13.4. The molecule has 5 N–H and O–H groups in total. The maximum absolute atomic E-state index is 10.1. The number of hydrogen-bond acceptors (Lipinski definition) is 7. The Labute approximate surface area is 134 Å². The molecule has 0 saturated carbocycles. The van der Waals surface area contributed by atoms with Gasteiger partial charge in [-0.1, -0.05) is 12.1 Å². The minimum absolute atomic E-state index is 0.369. The summed E-state index contributed by atoms with van der Waals surface area (Å²) in [7, 11) is 0. The van der Waals surface area contributed by atoms with Crippen molar-refractivity contribution in [2.24, 2.45) is 0 Å². The van der Waals surface area contributed by atoms with Gasteiger partial charge < -0.3 is 35.0 Å². The van der Waals surface area contributed by atoms with Gasteiger partial charge in [0, 0.05) is 0 Å². The van der Waals surface area contributed by atoms with Gasteiger partial charge in [0.1, 0.15) is 30.2 Å². The highest BCUT2D eigenvalue weighted by Gasteiger charge is 2.44. The van der Waals surface area contributed by atoms with Crippen molar-refractivity contribution >= 4 is 0 Å². The molecule has 23 heavy (non-hydrogen) atoms. The van der Waals surface area contributed by atoms with Crippen LogP contribution in [0.25, 0.3) is 0 Å². The molecule has 1 fully saturated rings. The summed E-state index contributed by atoms with van der Waals surface area (Å²) in [5, 5.41) is 48.8. The highest BCUT2D eigenvalue weighted by molar-refractivity contribution is 5.38. The lowest BCUT2D eigenvalue weighted by Gasteiger charge is -2.39. The number of aliphatic hydroxyl groups excluding tert-OH is 4. The monoisotopic (exact) mass is 328 g/mol. The Morgan fingerprint density at radius 2 is 1.78 bits per heavy atom. The Kier molecular flexibility index (Phi) is 5.30. The van der Waals surface area contributed by atoms with Crippen LogP contribution in [0.4, 0.5) is 0 Å². The molecule has 7 heteroatoms. The van der Waals surface area contributed by atoms with Crippen molar-refractivity contribution in [1.82, 2.24) is 0 Å². The van der Waals surface area contributed by atoms with Crippen LogP contribution < -0.4 is 4.74 Å². The topological polar surface area (TPSA) is 120 Å². The van der Waals surface area contributed by atoms with E-state index in [-0.39, 0.29) is 0 Å². The summed E-state index contributed by atoms with van der Waals surface area (Å²) in [6, 6.07) is 5.14. The van der Waals surface area contributed by atoms with Crippen LogP contribution in [0.5, 0.6) is 5.75 Å². The fourth-order valence-corrected chi connectivity index (χ4v) is 2.40. The lowest BCUT2D eigenvalue weighted by molar-refractivity contribution is -0.277. The van der Waals surface area contributed by atoms with Gasteiger partial charge in [0.05, 0.1) is 12.2 Å². The molecule has 0 aliphatic carbocycles. The Morgan fingerprint density at radius 3 is 2.35 bits per heavy atom. The zero-order chi connectivity index (χ0) is 17.4. The minimum atomic E-state index is -1.50. The molecule has 5 atom stereocenters. The van der Waals surface area contributed by atoms with E-state index in [2.05, 4.69) is 0 Å². The Balaban J connectivity index is 2.24. The van der Waals surface area contributed by atoms with Crippen molar-refractivity contribution in [2.75, 3.05) is 6.61 Å². The van der Waals surface area contributed by atoms with Gasteiger partial charge >= 0.3 is 0 Å². The molecule has 1 aliphatic heterocycles. The Hall–Kier alpha value is -1.22. The average Bonchev–Trinajstić information content (AvgIpc) is 2.48. The van der Waals surface area contributed by atoms with Gasteiger partial charge in [0.15, 0.2) is 0 Å². The number of rotatable bonds is 4. The summed E-state index contributed by atoms with van der Waals surface area (Å²) in [6.07, 6.45) is -6.68. The first-order chi connectivity index (χ1) is 10.6. The molecule has 0 spiro atoms. The van der Waals surface area contributed by atoms with Crippen molar-refractivity contribution < 1.29 is 35.0 Å². The molecule has 7 nitrogen and oxygen atoms in total. The Bertz CT molecular complexity index is 538. The van der Waals surface area contributed by atoms with Crippen LogP contribution >= 0.6 is 0 Å². The molecule has 0 unspecified atom stereocenters. The first-order valence-electron chi connectivity index (χ1n) is 7.46. The second-order valence-electron chi connectivity index (χ2n) is 6.35.